The third kappa shape index (κ3) is 3.76. The number of nitrogens with zero attached hydrogens (tertiary/aromatic N) is 1. The van der Waals surface area contributed by atoms with E-state index in [1.165, 1.54) is 64.7 Å². The summed E-state index contributed by atoms with van der Waals surface area (Å²) >= 11 is 0. The van der Waals surface area contributed by atoms with Crippen molar-refractivity contribution in [1.82, 2.24) is 10.2 Å². The van der Waals surface area contributed by atoms with Crippen molar-refractivity contribution in [3.05, 3.63) is 0 Å². The lowest BCUT2D eigenvalue weighted by molar-refractivity contribution is 0.172. The third-order valence-electron chi connectivity index (χ3n) is 3.94. The van der Waals surface area contributed by atoms with Gasteiger partial charge in [-0.2, -0.15) is 0 Å². The predicted molar refractivity (Wildman–Crippen MR) is 65.1 cm³/mol. The van der Waals surface area contributed by atoms with Crippen LogP contribution >= 0.6 is 0 Å². The Morgan fingerprint density at radius 2 is 1.87 bits per heavy atom. The van der Waals surface area contributed by atoms with Crippen LogP contribution in [-0.2, 0) is 0 Å². The van der Waals surface area contributed by atoms with Crippen molar-refractivity contribution in [2.24, 2.45) is 5.92 Å². The Kier molecular flexibility index (Phi) is 4.45. The summed E-state index contributed by atoms with van der Waals surface area (Å²) < 4.78 is 0. The first kappa shape index (κ1) is 11.4. The van der Waals surface area contributed by atoms with E-state index >= 15 is 0 Å². The Morgan fingerprint density at radius 1 is 1.13 bits per heavy atom. The molecule has 2 aliphatic rings. The molecular weight excluding hydrogens is 184 g/mol. The van der Waals surface area contributed by atoms with Crippen molar-refractivity contribution in [2.45, 2.75) is 51.5 Å². The molecule has 1 saturated heterocycles. The lowest BCUT2D eigenvalue weighted by Gasteiger charge is -2.34. The summed E-state index contributed by atoms with van der Waals surface area (Å²) in [6.45, 7) is 7.39. The molecule has 2 nitrogen and oxygen atoms in total. The van der Waals surface area contributed by atoms with Gasteiger partial charge in [-0.25, -0.2) is 0 Å². The molecule has 0 spiro atoms. The summed E-state index contributed by atoms with van der Waals surface area (Å²) in [6, 6.07) is 0.699. The van der Waals surface area contributed by atoms with Crippen LogP contribution in [0.2, 0.25) is 0 Å². The van der Waals surface area contributed by atoms with Gasteiger partial charge in [-0.05, 0) is 25.7 Å². The highest BCUT2D eigenvalue weighted by molar-refractivity contribution is 4.77. The maximum Gasteiger partial charge on any atom is 0.0167 e. The zero-order valence-corrected chi connectivity index (χ0v) is 10.2. The smallest absolute Gasteiger partial charge is 0.0167 e. The van der Waals surface area contributed by atoms with Gasteiger partial charge in [-0.3, -0.25) is 0 Å². The lowest BCUT2D eigenvalue weighted by Crippen LogP contribution is -2.50. The van der Waals surface area contributed by atoms with Gasteiger partial charge in [0.2, 0.25) is 0 Å². The molecular formula is C13H26N2. The van der Waals surface area contributed by atoms with Crippen LogP contribution in [0.1, 0.15) is 45.4 Å². The second-order valence-electron chi connectivity index (χ2n) is 5.47. The minimum absolute atomic E-state index is 0.699. The summed E-state index contributed by atoms with van der Waals surface area (Å²) in [5, 5.41) is 3.52. The predicted octanol–water partition coefficient (Wildman–Crippen LogP) is 2.25. The van der Waals surface area contributed by atoms with Gasteiger partial charge in [0.05, 0.1) is 0 Å². The fraction of sp³-hybridized carbons (Fsp3) is 1.00. The molecule has 0 bridgehead atoms. The highest BCUT2D eigenvalue weighted by atomic mass is 15.2. The zero-order valence-electron chi connectivity index (χ0n) is 10.2. The van der Waals surface area contributed by atoms with E-state index in [0.717, 1.165) is 5.92 Å². The standard InChI is InChI=1S/C13H26N2/c1-12-10-15(9-8-14-12)11-13-6-4-2-3-5-7-13/h12-14H,2-11H2,1H3/t12-/m1/s1. The van der Waals surface area contributed by atoms with Gasteiger partial charge in [0.15, 0.2) is 0 Å². The molecule has 0 aromatic carbocycles. The molecule has 1 heterocycles. The van der Waals surface area contributed by atoms with Crippen LogP contribution in [0.4, 0.5) is 0 Å². The molecule has 0 aromatic heterocycles. The SMILES string of the molecule is C[C@@H]1CN(CC2CCCCCC2)CCN1. The topological polar surface area (TPSA) is 15.3 Å². The van der Waals surface area contributed by atoms with Crippen LogP contribution in [0.3, 0.4) is 0 Å². The maximum atomic E-state index is 3.52. The van der Waals surface area contributed by atoms with Crippen molar-refractivity contribution >= 4 is 0 Å². The molecule has 1 saturated carbocycles. The normalized spacial score (nSPS) is 31.4. The van der Waals surface area contributed by atoms with Gasteiger partial charge in [0.25, 0.3) is 0 Å². The molecule has 1 N–H and O–H groups in total. The van der Waals surface area contributed by atoms with Gasteiger partial charge >= 0.3 is 0 Å². The first-order valence-electron chi connectivity index (χ1n) is 6.80. The van der Waals surface area contributed by atoms with E-state index in [0.29, 0.717) is 6.04 Å². The van der Waals surface area contributed by atoms with Gasteiger partial charge in [-0.15, -0.1) is 0 Å². The molecule has 88 valence electrons. The highest BCUT2D eigenvalue weighted by Crippen LogP contribution is 2.23. The van der Waals surface area contributed by atoms with Crippen molar-refractivity contribution in [2.75, 3.05) is 26.2 Å². The minimum Gasteiger partial charge on any atom is -0.312 e. The third-order valence-corrected chi connectivity index (χ3v) is 3.94. The summed E-state index contributed by atoms with van der Waals surface area (Å²) in [4.78, 5) is 2.68. The largest absolute Gasteiger partial charge is 0.312 e. The van der Waals surface area contributed by atoms with Crippen molar-refractivity contribution < 1.29 is 0 Å². The van der Waals surface area contributed by atoms with Gasteiger partial charge in [0, 0.05) is 32.2 Å². The second-order valence-corrected chi connectivity index (χ2v) is 5.47. The quantitative estimate of drug-likeness (QED) is 0.703. The molecule has 0 amide bonds. The molecule has 2 heteroatoms. The van der Waals surface area contributed by atoms with Crippen molar-refractivity contribution in [3.63, 3.8) is 0 Å². The summed E-state index contributed by atoms with van der Waals surface area (Å²) in [6.07, 6.45) is 8.89. The number of hydrogen-bond donors (Lipinski definition) is 1. The maximum absolute atomic E-state index is 3.52. The first-order chi connectivity index (χ1) is 7.34. The molecule has 2 fully saturated rings. The van der Waals surface area contributed by atoms with E-state index in [1.807, 2.05) is 0 Å². The first-order valence-corrected chi connectivity index (χ1v) is 6.80. The van der Waals surface area contributed by atoms with E-state index in [1.54, 1.807) is 0 Å². The summed E-state index contributed by atoms with van der Waals surface area (Å²) in [5.41, 5.74) is 0. The van der Waals surface area contributed by atoms with E-state index in [4.69, 9.17) is 0 Å². The van der Waals surface area contributed by atoms with Crippen molar-refractivity contribution in [1.29, 1.82) is 0 Å². The minimum atomic E-state index is 0.699. The monoisotopic (exact) mass is 210 g/mol. The second kappa shape index (κ2) is 5.86. The number of rotatable bonds is 2. The Hall–Kier alpha value is -0.0800. The lowest BCUT2D eigenvalue weighted by atomic mass is 9.99. The Labute approximate surface area is 94.4 Å². The fourth-order valence-electron chi connectivity index (χ4n) is 3.09. The average molecular weight is 210 g/mol. The van der Waals surface area contributed by atoms with Crippen molar-refractivity contribution in [3.8, 4) is 0 Å². The number of piperazine rings is 1. The molecule has 1 atom stereocenters. The summed E-state index contributed by atoms with van der Waals surface area (Å²) in [5.74, 6) is 0.998. The van der Waals surface area contributed by atoms with Crippen LogP contribution in [0.5, 0.6) is 0 Å². The Morgan fingerprint density at radius 3 is 2.53 bits per heavy atom. The Balaban J connectivity index is 1.74. The van der Waals surface area contributed by atoms with Gasteiger partial charge < -0.3 is 10.2 Å². The van der Waals surface area contributed by atoms with Gasteiger partial charge in [0.1, 0.15) is 0 Å². The molecule has 1 aliphatic carbocycles. The molecule has 0 unspecified atom stereocenters. The molecule has 2 rings (SSSR count). The van der Waals surface area contributed by atoms with Crippen LogP contribution in [-0.4, -0.2) is 37.1 Å². The molecule has 15 heavy (non-hydrogen) atoms. The molecule has 1 aliphatic heterocycles. The zero-order chi connectivity index (χ0) is 10.5. The average Bonchev–Trinajstić information content (AvgIpc) is 2.46. The Bertz CT molecular complexity index is 173. The summed E-state index contributed by atoms with van der Waals surface area (Å²) in [7, 11) is 0. The van der Waals surface area contributed by atoms with E-state index in [-0.39, 0.29) is 0 Å². The van der Waals surface area contributed by atoms with Crippen LogP contribution in [0.25, 0.3) is 0 Å². The fourth-order valence-corrected chi connectivity index (χ4v) is 3.09. The number of hydrogen-bond acceptors (Lipinski definition) is 2. The molecule has 0 radical (unpaired) electrons. The van der Waals surface area contributed by atoms with Crippen LogP contribution < -0.4 is 5.32 Å². The van der Waals surface area contributed by atoms with Gasteiger partial charge in [-0.1, -0.05) is 25.7 Å². The number of nitrogens with one attached hydrogen (secondary N) is 1. The highest BCUT2D eigenvalue weighted by Gasteiger charge is 2.20. The van der Waals surface area contributed by atoms with Crippen LogP contribution in [0.15, 0.2) is 0 Å². The molecule has 0 aromatic rings. The van der Waals surface area contributed by atoms with E-state index in [2.05, 4.69) is 17.1 Å². The van der Waals surface area contributed by atoms with Crippen LogP contribution in [0, 0.1) is 5.92 Å². The van der Waals surface area contributed by atoms with E-state index < -0.39 is 0 Å². The van der Waals surface area contributed by atoms with E-state index in [9.17, 15) is 0 Å².